The molecule has 0 unspecified atom stereocenters. The summed E-state index contributed by atoms with van der Waals surface area (Å²) in [6, 6.07) is 23.6. The van der Waals surface area contributed by atoms with E-state index in [0.29, 0.717) is 0 Å². The van der Waals surface area contributed by atoms with Gasteiger partial charge in [0.1, 0.15) is 5.92 Å². The number of benzene rings is 3. The molecule has 3 aromatic carbocycles. The third kappa shape index (κ3) is 4.48. The second-order valence-electron chi connectivity index (χ2n) is 6.09. The highest BCUT2D eigenvalue weighted by Gasteiger charge is 2.25. The lowest BCUT2D eigenvalue weighted by Crippen LogP contribution is -2.21. The molecule has 0 atom stereocenters. The number of non-ortho nitro benzene ring substituents is 1. The Morgan fingerprint density at radius 1 is 0.857 bits per heavy atom. The molecule has 140 valence electrons. The van der Waals surface area contributed by atoms with Gasteiger partial charge in [0.25, 0.3) is 5.69 Å². The first-order valence-corrected chi connectivity index (χ1v) is 8.60. The highest BCUT2D eigenvalue weighted by Crippen LogP contribution is 2.26. The average molecular weight is 375 g/mol. The van der Waals surface area contributed by atoms with Crippen molar-refractivity contribution >= 4 is 17.4 Å². The second-order valence-corrected chi connectivity index (χ2v) is 6.09. The molecule has 6 heteroatoms. The largest absolute Gasteiger partial charge is 0.457 e. The topological polar surface area (TPSA) is 86.5 Å². The van der Waals surface area contributed by atoms with Crippen molar-refractivity contribution in [2.24, 2.45) is 0 Å². The molecule has 0 aromatic heterocycles. The highest BCUT2D eigenvalue weighted by molar-refractivity contribution is 5.98. The lowest BCUT2D eigenvalue weighted by Gasteiger charge is -2.16. The standard InChI is InChI=1S/C22H17NO5/c24-20(18-12-7-13-19(14-18)23(26)27)15-28-22(25)21(16-8-3-1-4-9-16)17-10-5-2-6-11-17/h1-14,21H,15H2. The Morgan fingerprint density at radius 2 is 1.43 bits per heavy atom. The van der Waals surface area contributed by atoms with Crippen LogP contribution in [-0.2, 0) is 9.53 Å². The van der Waals surface area contributed by atoms with Gasteiger partial charge in [-0.15, -0.1) is 0 Å². The number of hydrogen-bond acceptors (Lipinski definition) is 5. The number of carbonyl (C=O) groups is 2. The molecule has 3 aromatic rings. The summed E-state index contributed by atoms with van der Waals surface area (Å²) in [5, 5.41) is 10.9. The maximum Gasteiger partial charge on any atom is 0.318 e. The molecule has 28 heavy (non-hydrogen) atoms. The molecule has 0 spiro atoms. The second kappa shape index (κ2) is 8.73. The van der Waals surface area contributed by atoms with Crippen LogP contribution in [0.15, 0.2) is 84.9 Å². The first-order chi connectivity index (χ1) is 13.6. The van der Waals surface area contributed by atoms with Gasteiger partial charge in [-0.1, -0.05) is 72.8 Å². The third-order valence-electron chi connectivity index (χ3n) is 4.23. The van der Waals surface area contributed by atoms with Crippen molar-refractivity contribution in [3.63, 3.8) is 0 Å². The minimum absolute atomic E-state index is 0.123. The summed E-state index contributed by atoms with van der Waals surface area (Å²) in [6.07, 6.45) is 0. The number of carbonyl (C=O) groups excluding carboxylic acids is 2. The molecule has 3 rings (SSSR count). The molecule has 0 aliphatic heterocycles. The third-order valence-corrected chi connectivity index (χ3v) is 4.23. The van der Waals surface area contributed by atoms with Crippen LogP contribution in [0.1, 0.15) is 27.4 Å². The van der Waals surface area contributed by atoms with Crippen LogP contribution in [0.3, 0.4) is 0 Å². The number of hydrogen-bond donors (Lipinski definition) is 0. The molecule has 0 amide bonds. The first-order valence-electron chi connectivity index (χ1n) is 8.60. The van der Waals surface area contributed by atoms with Crippen LogP contribution in [0.25, 0.3) is 0 Å². The molecule has 0 radical (unpaired) electrons. The maximum atomic E-state index is 12.8. The van der Waals surface area contributed by atoms with Gasteiger partial charge in [-0.05, 0) is 11.1 Å². The van der Waals surface area contributed by atoms with Gasteiger partial charge in [0, 0.05) is 17.7 Å². The first kappa shape index (κ1) is 19.0. The molecular formula is C22H17NO5. The Labute approximate surface area is 161 Å². The highest BCUT2D eigenvalue weighted by atomic mass is 16.6. The van der Waals surface area contributed by atoms with Crippen molar-refractivity contribution in [1.82, 2.24) is 0 Å². The molecule has 0 bridgehead atoms. The van der Waals surface area contributed by atoms with Crippen molar-refractivity contribution in [2.45, 2.75) is 5.92 Å². The predicted molar refractivity (Wildman–Crippen MR) is 103 cm³/mol. The van der Waals surface area contributed by atoms with Crippen molar-refractivity contribution in [3.8, 4) is 0 Å². The fraction of sp³-hybridized carbons (Fsp3) is 0.0909. The van der Waals surface area contributed by atoms with E-state index < -0.39 is 29.2 Å². The summed E-state index contributed by atoms with van der Waals surface area (Å²) >= 11 is 0. The fourth-order valence-corrected chi connectivity index (χ4v) is 2.85. The Kier molecular flexibility index (Phi) is 5.91. The Bertz CT molecular complexity index is 947. The monoisotopic (exact) mass is 375 g/mol. The van der Waals surface area contributed by atoms with E-state index in [1.54, 1.807) is 0 Å². The summed E-state index contributed by atoms with van der Waals surface area (Å²) in [7, 11) is 0. The summed E-state index contributed by atoms with van der Waals surface area (Å²) in [6.45, 7) is -0.490. The molecule has 0 heterocycles. The Balaban J connectivity index is 1.77. The molecule has 0 aliphatic carbocycles. The molecule has 0 aliphatic rings. The zero-order chi connectivity index (χ0) is 19.9. The average Bonchev–Trinajstić information content (AvgIpc) is 2.74. The minimum atomic E-state index is -0.666. The number of nitro groups is 1. The molecule has 0 N–H and O–H groups in total. The van der Waals surface area contributed by atoms with Crippen LogP contribution in [-0.4, -0.2) is 23.3 Å². The van der Waals surface area contributed by atoms with Gasteiger partial charge in [-0.2, -0.15) is 0 Å². The normalized spacial score (nSPS) is 10.5. The molecular weight excluding hydrogens is 358 g/mol. The number of nitro benzene ring substituents is 1. The van der Waals surface area contributed by atoms with Crippen molar-refractivity contribution in [1.29, 1.82) is 0 Å². The van der Waals surface area contributed by atoms with E-state index >= 15 is 0 Å². The molecule has 0 fully saturated rings. The van der Waals surface area contributed by atoms with E-state index in [9.17, 15) is 19.7 Å². The molecule has 6 nitrogen and oxygen atoms in total. The lowest BCUT2D eigenvalue weighted by molar-refractivity contribution is -0.384. The van der Waals surface area contributed by atoms with E-state index in [1.165, 1.54) is 24.3 Å². The number of rotatable bonds is 7. The zero-order valence-corrected chi connectivity index (χ0v) is 14.9. The molecule has 0 saturated carbocycles. The van der Waals surface area contributed by atoms with Gasteiger partial charge in [-0.3, -0.25) is 19.7 Å². The zero-order valence-electron chi connectivity index (χ0n) is 14.9. The minimum Gasteiger partial charge on any atom is -0.457 e. The van der Waals surface area contributed by atoms with Crippen LogP contribution in [0, 0.1) is 10.1 Å². The van der Waals surface area contributed by atoms with E-state index in [2.05, 4.69) is 0 Å². The Morgan fingerprint density at radius 3 is 1.96 bits per heavy atom. The van der Waals surface area contributed by atoms with Crippen LogP contribution in [0.2, 0.25) is 0 Å². The van der Waals surface area contributed by atoms with E-state index in [1.807, 2.05) is 60.7 Å². The van der Waals surface area contributed by atoms with Crippen molar-refractivity contribution < 1.29 is 19.2 Å². The fourth-order valence-electron chi connectivity index (χ4n) is 2.85. The summed E-state index contributed by atoms with van der Waals surface area (Å²) < 4.78 is 5.27. The quantitative estimate of drug-likeness (QED) is 0.268. The lowest BCUT2D eigenvalue weighted by atomic mass is 9.91. The van der Waals surface area contributed by atoms with Gasteiger partial charge < -0.3 is 4.74 Å². The summed E-state index contributed by atoms with van der Waals surface area (Å²) in [5.74, 6) is -1.73. The van der Waals surface area contributed by atoms with Crippen LogP contribution < -0.4 is 0 Å². The van der Waals surface area contributed by atoms with Crippen LogP contribution in [0.5, 0.6) is 0 Å². The van der Waals surface area contributed by atoms with Crippen LogP contribution in [0.4, 0.5) is 5.69 Å². The molecule has 0 saturated heterocycles. The summed E-state index contributed by atoms with van der Waals surface area (Å²) in [5.41, 5.74) is 1.43. The number of ether oxygens (including phenoxy) is 1. The number of Topliss-reactive ketones (excluding diaryl/α,β-unsaturated/α-hetero) is 1. The van der Waals surface area contributed by atoms with Gasteiger partial charge in [0.05, 0.1) is 4.92 Å². The SMILES string of the molecule is O=C(COC(=O)C(c1ccccc1)c1ccccc1)c1cccc([N+](=O)[O-])c1. The van der Waals surface area contributed by atoms with Gasteiger partial charge >= 0.3 is 5.97 Å². The maximum absolute atomic E-state index is 12.8. The van der Waals surface area contributed by atoms with Gasteiger partial charge in [0.15, 0.2) is 6.61 Å². The summed E-state index contributed by atoms with van der Waals surface area (Å²) in [4.78, 5) is 35.4. The van der Waals surface area contributed by atoms with E-state index in [-0.39, 0.29) is 11.3 Å². The smallest absolute Gasteiger partial charge is 0.318 e. The van der Waals surface area contributed by atoms with Crippen LogP contribution >= 0.6 is 0 Å². The number of nitrogens with zero attached hydrogens (tertiary/aromatic N) is 1. The van der Waals surface area contributed by atoms with Crippen molar-refractivity contribution in [3.05, 3.63) is 112 Å². The Hall–Kier alpha value is -3.80. The number of esters is 1. The van der Waals surface area contributed by atoms with Gasteiger partial charge in [-0.25, -0.2) is 0 Å². The number of ketones is 1. The van der Waals surface area contributed by atoms with E-state index in [4.69, 9.17) is 4.74 Å². The van der Waals surface area contributed by atoms with E-state index in [0.717, 1.165) is 11.1 Å². The van der Waals surface area contributed by atoms with Gasteiger partial charge in [0.2, 0.25) is 5.78 Å². The predicted octanol–water partition coefficient (Wildman–Crippen LogP) is 4.15. The van der Waals surface area contributed by atoms with Crippen molar-refractivity contribution in [2.75, 3.05) is 6.61 Å².